The van der Waals surface area contributed by atoms with E-state index in [0.29, 0.717) is 10.6 Å². The minimum atomic E-state index is -0.646. The van der Waals surface area contributed by atoms with Gasteiger partial charge in [0.1, 0.15) is 5.56 Å². The fourth-order valence-electron chi connectivity index (χ4n) is 3.49. The van der Waals surface area contributed by atoms with Gasteiger partial charge in [-0.1, -0.05) is 24.3 Å². The number of carbonyl (C=O) groups excluding carboxylic acids is 2. The number of allylic oxidation sites excluding steroid dienone is 1. The van der Waals surface area contributed by atoms with Crippen LogP contribution in [0.1, 0.15) is 27.6 Å². The number of nitrogens with one attached hydrogen (secondary N) is 2. The van der Waals surface area contributed by atoms with Crippen LogP contribution < -0.4 is 21.4 Å². The Balaban J connectivity index is 1.90. The number of amides is 1. The molecule has 0 saturated carbocycles. The number of benzene rings is 1. The number of H-pyrrole nitrogens is 1. The molecule has 3 rings (SSSR count). The van der Waals surface area contributed by atoms with Gasteiger partial charge in [0.25, 0.3) is 11.5 Å². The quantitative estimate of drug-likeness (QED) is 0.642. The van der Waals surface area contributed by atoms with Crippen LogP contribution in [0.2, 0.25) is 5.02 Å². The van der Waals surface area contributed by atoms with Crippen molar-refractivity contribution in [1.29, 1.82) is 0 Å². The van der Waals surface area contributed by atoms with E-state index in [4.69, 9.17) is 16.3 Å². The molecule has 1 aromatic carbocycles. The monoisotopic (exact) mass is 470 g/mol. The standard InChI is InChI=1S/C24H27ClN4O4/c1-5-16-13-18(23(31)27-21-14-17(24(32)33-4)6-7-19(21)25)22(30)26-20(16)12-15(2)29-10-8-28(3)9-11-29/h5-7,12-14H,2,8-11H2,1,3-4H3,(H,26,30)(H,27,31)/b16-5-,20-12+. The van der Waals surface area contributed by atoms with Crippen molar-refractivity contribution < 1.29 is 14.3 Å². The van der Waals surface area contributed by atoms with Crippen LogP contribution in [0.4, 0.5) is 5.69 Å². The number of hydrogen-bond acceptors (Lipinski definition) is 6. The van der Waals surface area contributed by atoms with E-state index < -0.39 is 17.4 Å². The third-order valence-corrected chi connectivity index (χ3v) is 5.84. The molecule has 1 fully saturated rings. The lowest BCUT2D eigenvalue weighted by Crippen LogP contribution is -2.44. The summed E-state index contributed by atoms with van der Waals surface area (Å²) >= 11 is 6.16. The minimum Gasteiger partial charge on any atom is -0.465 e. The first-order valence-corrected chi connectivity index (χ1v) is 10.8. The van der Waals surface area contributed by atoms with Crippen molar-refractivity contribution in [3.05, 3.63) is 73.6 Å². The molecule has 0 atom stereocenters. The van der Waals surface area contributed by atoms with Gasteiger partial charge in [0.2, 0.25) is 0 Å². The average molecular weight is 471 g/mol. The molecule has 0 unspecified atom stereocenters. The van der Waals surface area contributed by atoms with Crippen LogP contribution in [-0.2, 0) is 4.74 Å². The number of aromatic nitrogens is 1. The molecule has 2 N–H and O–H groups in total. The summed E-state index contributed by atoms with van der Waals surface area (Å²) in [5.41, 5.74) is 0.595. The number of esters is 1. The molecule has 2 heterocycles. The Labute approximate surface area is 196 Å². The molecule has 174 valence electrons. The lowest BCUT2D eigenvalue weighted by atomic mass is 10.1. The van der Waals surface area contributed by atoms with E-state index in [-0.39, 0.29) is 21.8 Å². The number of ether oxygens (including phenoxy) is 1. The highest BCUT2D eigenvalue weighted by Crippen LogP contribution is 2.23. The molecule has 0 bridgehead atoms. The maximum Gasteiger partial charge on any atom is 0.337 e. The second-order valence-electron chi connectivity index (χ2n) is 7.74. The Bertz CT molecular complexity index is 1260. The molecule has 1 aromatic heterocycles. The van der Waals surface area contributed by atoms with E-state index in [1.165, 1.54) is 31.4 Å². The normalized spacial score (nSPS) is 15.5. The number of rotatable bonds is 5. The molecule has 9 heteroatoms. The topological polar surface area (TPSA) is 94.7 Å². The van der Waals surface area contributed by atoms with Crippen LogP contribution in [0, 0.1) is 0 Å². The predicted octanol–water partition coefficient (Wildman–Crippen LogP) is 1.41. The number of methoxy groups -OCH3 is 1. The van der Waals surface area contributed by atoms with Crippen molar-refractivity contribution in [2.75, 3.05) is 45.7 Å². The molecule has 1 saturated heterocycles. The van der Waals surface area contributed by atoms with Gasteiger partial charge in [0, 0.05) is 31.9 Å². The SMILES string of the molecule is C=C(/C=c1/[nH]c(=O)c(C(=O)Nc2cc(C(=O)OC)ccc2Cl)c/c1=C/C)N1CCN(C)CC1. The fraction of sp³-hybridized carbons (Fsp3) is 0.292. The van der Waals surface area contributed by atoms with Crippen molar-refractivity contribution in [3.63, 3.8) is 0 Å². The first kappa shape index (κ1) is 24.3. The predicted molar refractivity (Wildman–Crippen MR) is 130 cm³/mol. The third-order valence-electron chi connectivity index (χ3n) is 5.52. The molecule has 1 aliphatic rings. The van der Waals surface area contributed by atoms with E-state index in [2.05, 4.69) is 33.7 Å². The highest BCUT2D eigenvalue weighted by Gasteiger charge is 2.16. The van der Waals surface area contributed by atoms with Crippen LogP contribution in [0.25, 0.3) is 12.2 Å². The summed E-state index contributed by atoms with van der Waals surface area (Å²) in [7, 11) is 3.34. The van der Waals surface area contributed by atoms with Gasteiger partial charge in [-0.05, 0) is 49.5 Å². The van der Waals surface area contributed by atoms with Crippen LogP contribution in [0.15, 0.2) is 41.3 Å². The number of likely N-dealkylation sites (N-methyl/N-ethyl adjacent to an activating group) is 1. The highest BCUT2D eigenvalue weighted by molar-refractivity contribution is 6.34. The van der Waals surface area contributed by atoms with Crippen molar-refractivity contribution in [1.82, 2.24) is 14.8 Å². The summed E-state index contributed by atoms with van der Waals surface area (Å²) in [6.45, 7) is 9.55. The second kappa shape index (κ2) is 10.5. The minimum absolute atomic E-state index is 0.0787. The molecule has 1 amide bonds. The van der Waals surface area contributed by atoms with Gasteiger partial charge in [-0.2, -0.15) is 0 Å². The van der Waals surface area contributed by atoms with Gasteiger partial charge >= 0.3 is 5.97 Å². The second-order valence-corrected chi connectivity index (χ2v) is 8.14. The van der Waals surface area contributed by atoms with E-state index >= 15 is 0 Å². The number of piperazine rings is 1. The van der Waals surface area contributed by atoms with Gasteiger partial charge in [-0.15, -0.1) is 0 Å². The molecule has 1 aliphatic heterocycles. The molecule has 8 nitrogen and oxygen atoms in total. The third kappa shape index (κ3) is 5.71. The van der Waals surface area contributed by atoms with Gasteiger partial charge < -0.3 is 24.8 Å². The van der Waals surface area contributed by atoms with Crippen molar-refractivity contribution in [2.45, 2.75) is 6.92 Å². The number of carbonyl (C=O) groups is 2. The van der Waals surface area contributed by atoms with Crippen LogP contribution >= 0.6 is 11.6 Å². The van der Waals surface area contributed by atoms with Crippen LogP contribution in [-0.4, -0.2) is 67.0 Å². The van der Waals surface area contributed by atoms with E-state index in [1.807, 2.05) is 13.0 Å². The van der Waals surface area contributed by atoms with Crippen LogP contribution in [0.5, 0.6) is 0 Å². The smallest absolute Gasteiger partial charge is 0.337 e. The first-order valence-electron chi connectivity index (χ1n) is 10.5. The van der Waals surface area contributed by atoms with Gasteiger partial charge in [0.05, 0.1) is 28.7 Å². The largest absolute Gasteiger partial charge is 0.465 e. The van der Waals surface area contributed by atoms with Gasteiger partial charge in [-0.25, -0.2) is 4.79 Å². The Morgan fingerprint density at radius 2 is 1.91 bits per heavy atom. The Kier molecular flexibility index (Phi) is 7.73. The zero-order valence-corrected chi connectivity index (χ0v) is 19.7. The molecular weight excluding hydrogens is 444 g/mol. The van der Waals surface area contributed by atoms with Gasteiger partial charge in [-0.3, -0.25) is 9.59 Å². The molecule has 2 aromatic rings. The van der Waals surface area contributed by atoms with E-state index in [9.17, 15) is 14.4 Å². The zero-order valence-electron chi connectivity index (χ0n) is 18.9. The lowest BCUT2D eigenvalue weighted by molar-refractivity contribution is 0.0600. The molecular formula is C24H27ClN4O4. The first-order chi connectivity index (χ1) is 15.7. The summed E-state index contributed by atoms with van der Waals surface area (Å²) in [5, 5.41) is 4.09. The van der Waals surface area contributed by atoms with Crippen molar-refractivity contribution >= 4 is 41.3 Å². The molecule has 0 spiro atoms. The van der Waals surface area contributed by atoms with E-state index in [1.54, 1.807) is 6.08 Å². The van der Waals surface area contributed by atoms with Crippen molar-refractivity contribution in [3.8, 4) is 0 Å². The Morgan fingerprint density at radius 3 is 2.55 bits per heavy atom. The zero-order chi connectivity index (χ0) is 24.1. The number of nitrogens with zero attached hydrogens (tertiary/aromatic N) is 2. The van der Waals surface area contributed by atoms with Crippen LogP contribution in [0.3, 0.4) is 0 Å². The number of halogens is 1. The molecule has 0 aliphatic carbocycles. The lowest BCUT2D eigenvalue weighted by Gasteiger charge is -2.34. The number of anilines is 1. The average Bonchev–Trinajstić information content (AvgIpc) is 2.80. The number of hydrogen-bond donors (Lipinski definition) is 2. The summed E-state index contributed by atoms with van der Waals surface area (Å²) in [6, 6.07) is 5.88. The summed E-state index contributed by atoms with van der Waals surface area (Å²) in [5.74, 6) is -1.21. The number of pyridine rings is 1. The fourth-order valence-corrected chi connectivity index (χ4v) is 3.66. The summed E-state index contributed by atoms with van der Waals surface area (Å²) < 4.78 is 4.69. The van der Waals surface area contributed by atoms with Crippen molar-refractivity contribution in [2.24, 2.45) is 0 Å². The molecule has 33 heavy (non-hydrogen) atoms. The molecule has 0 radical (unpaired) electrons. The summed E-state index contributed by atoms with van der Waals surface area (Å²) in [6.07, 6.45) is 3.63. The Hall–Kier alpha value is -3.36. The Morgan fingerprint density at radius 1 is 1.21 bits per heavy atom. The maximum atomic E-state index is 12.9. The summed E-state index contributed by atoms with van der Waals surface area (Å²) in [4.78, 5) is 44.6. The number of aromatic amines is 1. The van der Waals surface area contributed by atoms with Gasteiger partial charge in [0.15, 0.2) is 0 Å². The highest BCUT2D eigenvalue weighted by atomic mass is 35.5. The van der Waals surface area contributed by atoms with E-state index in [0.717, 1.165) is 31.9 Å². The maximum absolute atomic E-state index is 12.9.